The van der Waals surface area contributed by atoms with Gasteiger partial charge in [0.2, 0.25) is 11.8 Å². The number of amides is 2. The molecule has 2 aromatic heterocycles. The molecule has 1 atom stereocenters. The Morgan fingerprint density at radius 3 is 2.71 bits per heavy atom. The smallest absolute Gasteiger partial charge is 0.247 e. The number of ether oxygens (including phenoxy) is 1. The molecule has 9 heteroatoms. The zero-order valence-electron chi connectivity index (χ0n) is 15.7. The standard InChI is InChI=1S/C19H20N4O5/c1-11-7-17(23-27-11)21-19(25)12(2)20-18(24)10-14-9-16(28-22-14)13-5-4-6-15(8-13)26-3/h4-9,12H,10H2,1-3H3,(H,20,24)(H,21,23,25)/t12-/m1/s1. The summed E-state index contributed by atoms with van der Waals surface area (Å²) in [7, 11) is 1.58. The van der Waals surface area contributed by atoms with Crippen LogP contribution in [-0.2, 0) is 16.0 Å². The highest BCUT2D eigenvalue weighted by Crippen LogP contribution is 2.24. The molecule has 0 saturated heterocycles. The zero-order valence-corrected chi connectivity index (χ0v) is 15.7. The van der Waals surface area contributed by atoms with Gasteiger partial charge in [0.1, 0.15) is 17.6 Å². The van der Waals surface area contributed by atoms with Gasteiger partial charge in [-0.1, -0.05) is 22.4 Å². The van der Waals surface area contributed by atoms with Gasteiger partial charge >= 0.3 is 0 Å². The van der Waals surface area contributed by atoms with Crippen LogP contribution in [0.5, 0.6) is 5.75 Å². The molecule has 3 rings (SSSR count). The van der Waals surface area contributed by atoms with Crippen LogP contribution in [0, 0.1) is 6.92 Å². The molecule has 0 spiro atoms. The fraction of sp³-hybridized carbons (Fsp3) is 0.263. The van der Waals surface area contributed by atoms with E-state index in [-0.39, 0.29) is 12.3 Å². The molecule has 0 radical (unpaired) electrons. The average Bonchev–Trinajstić information content (AvgIpc) is 3.30. The van der Waals surface area contributed by atoms with Crippen molar-refractivity contribution in [3.05, 3.63) is 47.9 Å². The van der Waals surface area contributed by atoms with Crippen LogP contribution in [-0.4, -0.2) is 35.3 Å². The predicted octanol–water partition coefficient (Wildman–Crippen LogP) is 2.33. The van der Waals surface area contributed by atoms with E-state index in [2.05, 4.69) is 20.9 Å². The van der Waals surface area contributed by atoms with Gasteiger partial charge < -0.3 is 24.4 Å². The molecule has 0 unspecified atom stereocenters. The highest BCUT2D eigenvalue weighted by atomic mass is 16.5. The van der Waals surface area contributed by atoms with E-state index in [0.29, 0.717) is 28.8 Å². The Morgan fingerprint density at radius 2 is 2.00 bits per heavy atom. The molecule has 28 heavy (non-hydrogen) atoms. The number of anilines is 1. The molecule has 2 amide bonds. The van der Waals surface area contributed by atoms with Gasteiger partial charge in [-0.3, -0.25) is 9.59 Å². The summed E-state index contributed by atoms with van der Waals surface area (Å²) in [5.74, 6) is 1.32. The van der Waals surface area contributed by atoms with Crippen molar-refractivity contribution in [3.8, 4) is 17.1 Å². The van der Waals surface area contributed by atoms with Crippen LogP contribution in [0.1, 0.15) is 18.4 Å². The first-order chi connectivity index (χ1) is 13.4. The Labute approximate surface area is 161 Å². The molecule has 0 aliphatic carbocycles. The van der Waals surface area contributed by atoms with Crippen molar-refractivity contribution < 1.29 is 23.4 Å². The van der Waals surface area contributed by atoms with E-state index in [1.807, 2.05) is 24.3 Å². The predicted molar refractivity (Wildman–Crippen MR) is 99.7 cm³/mol. The van der Waals surface area contributed by atoms with E-state index in [1.165, 1.54) is 0 Å². The molecule has 0 fully saturated rings. The second kappa shape index (κ2) is 8.38. The first-order valence-corrected chi connectivity index (χ1v) is 8.58. The average molecular weight is 384 g/mol. The lowest BCUT2D eigenvalue weighted by atomic mass is 10.1. The first kappa shape index (κ1) is 19.2. The van der Waals surface area contributed by atoms with Crippen molar-refractivity contribution in [1.29, 1.82) is 0 Å². The number of nitrogens with zero attached hydrogens (tertiary/aromatic N) is 2. The monoisotopic (exact) mass is 384 g/mol. The summed E-state index contributed by atoms with van der Waals surface area (Å²) in [5, 5.41) is 12.8. The SMILES string of the molecule is COc1cccc(-c2cc(CC(=O)N[C@H](C)C(=O)Nc3cc(C)on3)no2)c1. The first-order valence-electron chi connectivity index (χ1n) is 8.58. The molecule has 146 valence electrons. The van der Waals surface area contributed by atoms with Crippen molar-refractivity contribution in [2.75, 3.05) is 12.4 Å². The van der Waals surface area contributed by atoms with Crippen LogP contribution in [0.25, 0.3) is 11.3 Å². The summed E-state index contributed by atoms with van der Waals surface area (Å²) >= 11 is 0. The topological polar surface area (TPSA) is 119 Å². The minimum atomic E-state index is -0.755. The number of hydrogen-bond acceptors (Lipinski definition) is 7. The van der Waals surface area contributed by atoms with Crippen molar-refractivity contribution in [2.24, 2.45) is 0 Å². The van der Waals surface area contributed by atoms with Gasteiger partial charge in [-0.05, 0) is 26.0 Å². The molecule has 0 aliphatic heterocycles. The molecule has 0 aliphatic rings. The summed E-state index contributed by atoms with van der Waals surface area (Å²) in [4.78, 5) is 24.3. The van der Waals surface area contributed by atoms with E-state index in [1.54, 1.807) is 33.1 Å². The maximum Gasteiger partial charge on any atom is 0.247 e. The maximum absolute atomic E-state index is 12.2. The van der Waals surface area contributed by atoms with Crippen LogP contribution >= 0.6 is 0 Å². The number of aromatic nitrogens is 2. The number of carbonyl (C=O) groups excluding carboxylic acids is 2. The summed E-state index contributed by atoms with van der Waals surface area (Å²) in [6.45, 7) is 3.29. The third-order valence-electron chi connectivity index (χ3n) is 3.90. The number of methoxy groups -OCH3 is 1. The number of rotatable bonds is 7. The lowest BCUT2D eigenvalue weighted by Gasteiger charge is -2.12. The second-order valence-electron chi connectivity index (χ2n) is 6.19. The fourth-order valence-electron chi connectivity index (χ4n) is 2.49. The minimum absolute atomic E-state index is 0.0197. The van der Waals surface area contributed by atoms with Gasteiger partial charge in [0, 0.05) is 17.7 Å². The molecule has 0 saturated carbocycles. The Bertz CT molecular complexity index is 978. The van der Waals surface area contributed by atoms with Crippen LogP contribution in [0.2, 0.25) is 0 Å². The summed E-state index contributed by atoms with van der Waals surface area (Å²) in [6.07, 6.45) is -0.0197. The lowest BCUT2D eigenvalue weighted by Crippen LogP contribution is -2.42. The Morgan fingerprint density at radius 1 is 1.18 bits per heavy atom. The lowest BCUT2D eigenvalue weighted by molar-refractivity contribution is -0.125. The molecule has 9 nitrogen and oxygen atoms in total. The highest BCUT2D eigenvalue weighted by molar-refractivity contribution is 5.96. The Balaban J connectivity index is 1.56. The normalized spacial score (nSPS) is 11.7. The number of aryl methyl sites for hydroxylation is 1. The van der Waals surface area contributed by atoms with Gasteiger partial charge in [-0.15, -0.1) is 0 Å². The highest BCUT2D eigenvalue weighted by Gasteiger charge is 2.18. The van der Waals surface area contributed by atoms with E-state index >= 15 is 0 Å². The quantitative estimate of drug-likeness (QED) is 0.641. The largest absolute Gasteiger partial charge is 0.497 e. The van der Waals surface area contributed by atoms with Crippen molar-refractivity contribution in [3.63, 3.8) is 0 Å². The molecule has 0 bridgehead atoms. The van der Waals surface area contributed by atoms with Gasteiger partial charge in [0.15, 0.2) is 11.6 Å². The van der Waals surface area contributed by atoms with Gasteiger partial charge in [-0.2, -0.15) is 0 Å². The van der Waals surface area contributed by atoms with Crippen LogP contribution in [0.3, 0.4) is 0 Å². The van der Waals surface area contributed by atoms with Crippen molar-refractivity contribution in [1.82, 2.24) is 15.6 Å². The molecule has 1 aromatic carbocycles. The molecule has 2 heterocycles. The third-order valence-corrected chi connectivity index (χ3v) is 3.90. The summed E-state index contributed by atoms with van der Waals surface area (Å²) in [6, 6.07) is 9.82. The molecular formula is C19H20N4O5. The Hall–Kier alpha value is -3.62. The third kappa shape index (κ3) is 4.76. The van der Waals surface area contributed by atoms with E-state index in [4.69, 9.17) is 13.8 Å². The maximum atomic E-state index is 12.2. The fourth-order valence-corrected chi connectivity index (χ4v) is 2.49. The van der Waals surface area contributed by atoms with Crippen LogP contribution < -0.4 is 15.4 Å². The van der Waals surface area contributed by atoms with E-state index in [9.17, 15) is 9.59 Å². The summed E-state index contributed by atoms with van der Waals surface area (Å²) in [5.41, 5.74) is 1.24. The van der Waals surface area contributed by atoms with E-state index in [0.717, 1.165) is 5.56 Å². The number of nitrogens with one attached hydrogen (secondary N) is 2. The van der Waals surface area contributed by atoms with Crippen LogP contribution in [0.4, 0.5) is 5.82 Å². The van der Waals surface area contributed by atoms with Gasteiger partial charge in [0.25, 0.3) is 0 Å². The van der Waals surface area contributed by atoms with Gasteiger partial charge in [-0.25, -0.2) is 0 Å². The van der Waals surface area contributed by atoms with Crippen LogP contribution in [0.15, 0.2) is 45.4 Å². The number of hydrogen-bond donors (Lipinski definition) is 2. The zero-order chi connectivity index (χ0) is 20.1. The van der Waals surface area contributed by atoms with Gasteiger partial charge in [0.05, 0.1) is 19.2 Å². The van der Waals surface area contributed by atoms with Crippen molar-refractivity contribution >= 4 is 17.6 Å². The van der Waals surface area contributed by atoms with Crippen molar-refractivity contribution in [2.45, 2.75) is 26.3 Å². The molecule has 3 aromatic rings. The van der Waals surface area contributed by atoms with E-state index < -0.39 is 11.9 Å². The second-order valence-corrected chi connectivity index (χ2v) is 6.19. The summed E-state index contributed by atoms with van der Waals surface area (Å²) < 4.78 is 15.4. The number of benzene rings is 1. The molecular weight excluding hydrogens is 364 g/mol. The Kier molecular flexibility index (Phi) is 5.73. The molecule has 2 N–H and O–H groups in total. The minimum Gasteiger partial charge on any atom is -0.497 e. The number of carbonyl (C=O) groups is 2.